The summed E-state index contributed by atoms with van der Waals surface area (Å²) in [7, 11) is 0. The summed E-state index contributed by atoms with van der Waals surface area (Å²) in [6.45, 7) is 3.71. The topological polar surface area (TPSA) is 104 Å². The van der Waals surface area contributed by atoms with Crippen LogP contribution >= 0.6 is 0 Å². The molecule has 0 aliphatic heterocycles. The van der Waals surface area contributed by atoms with Crippen LogP contribution in [-0.2, 0) is 13.1 Å². The van der Waals surface area contributed by atoms with Gasteiger partial charge in [-0.25, -0.2) is 0 Å². The van der Waals surface area contributed by atoms with Crippen molar-refractivity contribution in [1.82, 2.24) is 24.8 Å². The zero-order valence-corrected chi connectivity index (χ0v) is 10.1. The van der Waals surface area contributed by atoms with Crippen molar-refractivity contribution < 1.29 is 4.79 Å². The molecule has 0 aliphatic carbocycles. The molecule has 1 amide bonds. The van der Waals surface area contributed by atoms with Gasteiger partial charge in [0.2, 0.25) is 0 Å². The Morgan fingerprint density at radius 1 is 1.44 bits per heavy atom. The van der Waals surface area contributed by atoms with E-state index < -0.39 is 0 Å². The number of nitrogens with zero attached hydrogens (tertiary/aromatic N) is 5. The largest absolute Gasteiger partial charge is 0.329 e. The lowest BCUT2D eigenvalue weighted by Crippen LogP contribution is -2.12. The van der Waals surface area contributed by atoms with Gasteiger partial charge in [0.05, 0.1) is 24.6 Å². The molecule has 0 spiro atoms. The first-order valence-corrected chi connectivity index (χ1v) is 5.67. The molecule has 0 radical (unpaired) electrons. The third-order valence-corrected chi connectivity index (χ3v) is 2.34. The fourth-order valence-electron chi connectivity index (χ4n) is 1.44. The molecular weight excluding hydrogens is 234 g/mol. The third kappa shape index (κ3) is 2.72. The summed E-state index contributed by atoms with van der Waals surface area (Å²) < 4.78 is 3.26. The van der Waals surface area contributed by atoms with Crippen LogP contribution in [0.4, 0.5) is 5.69 Å². The van der Waals surface area contributed by atoms with Crippen LogP contribution in [0.3, 0.4) is 0 Å². The predicted octanol–water partition coefficient (Wildman–Crippen LogP) is -0.294. The van der Waals surface area contributed by atoms with Crippen LogP contribution in [0.15, 0.2) is 18.6 Å². The van der Waals surface area contributed by atoms with Crippen molar-refractivity contribution in [2.75, 3.05) is 11.9 Å². The van der Waals surface area contributed by atoms with Crippen molar-refractivity contribution in [3.05, 3.63) is 24.3 Å². The van der Waals surface area contributed by atoms with E-state index in [0.717, 1.165) is 6.54 Å². The molecule has 0 aromatic carbocycles. The number of nitrogens with one attached hydrogen (secondary N) is 1. The van der Waals surface area contributed by atoms with Crippen LogP contribution in [0.5, 0.6) is 0 Å². The number of aromatic nitrogens is 5. The van der Waals surface area contributed by atoms with Crippen LogP contribution in [0.2, 0.25) is 0 Å². The Morgan fingerprint density at radius 2 is 2.28 bits per heavy atom. The van der Waals surface area contributed by atoms with E-state index in [-0.39, 0.29) is 11.6 Å². The van der Waals surface area contributed by atoms with E-state index in [1.54, 1.807) is 23.3 Å². The Kier molecular flexibility index (Phi) is 3.68. The number of nitrogens with two attached hydrogens (primary N) is 1. The van der Waals surface area contributed by atoms with E-state index in [1.165, 1.54) is 4.68 Å². The summed E-state index contributed by atoms with van der Waals surface area (Å²) in [5, 5.41) is 14.3. The monoisotopic (exact) mass is 249 g/mol. The fraction of sp³-hybridized carbons (Fsp3) is 0.400. The smallest absolute Gasteiger partial charge is 0.277 e. The van der Waals surface area contributed by atoms with E-state index in [1.807, 2.05) is 6.92 Å². The van der Waals surface area contributed by atoms with Crippen LogP contribution in [0.25, 0.3) is 0 Å². The van der Waals surface area contributed by atoms with E-state index in [0.29, 0.717) is 18.8 Å². The van der Waals surface area contributed by atoms with Gasteiger partial charge in [0.1, 0.15) is 0 Å². The number of anilines is 1. The lowest BCUT2D eigenvalue weighted by atomic mass is 10.4. The van der Waals surface area contributed by atoms with Crippen molar-refractivity contribution in [3.8, 4) is 0 Å². The zero-order chi connectivity index (χ0) is 13.0. The number of amides is 1. The molecule has 0 saturated heterocycles. The predicted molar refractivity (Wildman–Crippen MR) is 64.9 cm³/mol. The fourth-order valence-corrected chi connectivity index (χ4v) is 1.44. The molecule has 0 atom stereocenters. The average molecular weight is 249 g/mol. The number of aryl methyl sites for hydroxylation is 1. The lowest BCUT2D eigenvalue weighted by Gasteiger charge is -1.97. The maximum atomic E-state index is 11.8. The second kappa shape index (κ2) is 5.41. The molecule has 2 rings (SSSR count). The van der Waals surface area contributed by atoms with Gasteiger partial charge >= 0.3 is 0 Å². The number of carbonyl (C=O) groups excluding carboxylic acids is 1. The third-order valence-electron chi connectivity index (χ3n) is 2.34. The summed E-state index contributed by atoms with van der Waals surface area (Å²) in [6.07, 6.45) is 4.90. The molecule has 8 heteroatoms. The van der Waals surface area contributed by atoms with E-state index in [9.17, 15) is 4.79 Å². The molecular formula is C10H15N7O. The number of carbonyl (C=O) groups is 1. The molecule has 0 saturated carbocycles. The summed E-state index contributed by atoms with van der Waals surface area (Å²) in [4.78, 5) is 11.8. The SMILES string of the molecule is CCn1cc(NC(=O)c2cn(CCN)nn2)cn1. The molecule has 2 heterocycles. The average Bonchev–Trinajstić information content (AvgIpc) is 2.98. The summed E-state index contributed by atoms with van der Waals surface area (Å²) >= 11 is 0. The second-order valence-corrected chi connectivity index (χ2v) is 3.69. The Balaban J connectivity index is 2.02. The van der Waals surface area contributed by atoms with Gasteiger partial charge in [-0.2, -0.15) is 5.10 Å². The molecule has 0 unspecified atom stereocenters. The van der Waals surface area contributed by atoms with Gasteiger partial charge in [0.25, 0.3) is 5.91 Å². The van der Waals surface area contributed by atoms with E-state index in [4.69, 9.17) is 5.73 Å². The highest BCUT2D eigenvalue weighted by atomic mass is 16.2. The van der Waals surface area contributed by atoms with Gasteiger partial charge in [-0.15, -0.1) is 5.10 Å². The molecule has 2 aromatic heterocycles. The Bertz CT molecular complexity index is 530. The molecule has 96 valence electrons. The van der Waals surface area contributed by atoms with Gasteiger partial charge < -0.3 is 11.1 Å². The summed E-state index contributed by atoms with van der Waals surface area (Å²) in [6, 6.07) is 0. The zero-order valence-electron chi connectivity index (χ0n) is 10.1. The van der Waals surface area contributed by atoms with Gasteiger partial charge in [0, 0.05) is 19.3 Å². The highest BCUT2D eigenvalue weighted by molar-refractivity contribution is 6.02. The van der Waals surface area contributed by atoms with Crippen LogP contribution < -0.4 is 11.1 Å². The number of hydrogen-bond donors (Lipinski definition) is 2. The van der Waals surface area contributed by atoms with Gasteiger partial charge in [-0.05, 0) is 6.92 Å². The van der Waals surface area contributed by atoms with E-state index in [2.05, 4.69) is 20.7 Å². The van der Waals surface area contributed by atoms with Crippen LogP contribution in [0, 0.1) is 0 Å². The molecule has 3 N–H and O–H groups in total. The second-order valence-electron chi connectivity index (χ2n) is 3.69. The first-order chi connectivity index (χ1) is 8.72. The molecule has 0 aliphatic rings. The highest BCUT2D eigenvalue weighted by Gasteiger charge is 2.11. The maximum Gasteiger partial charge on any atom is 0.277 e. The van der Waals surface area contributed by atoms with Crippen LogP contribution in [0.1, 0.15) is 17.4 Å². The number of rotatable bonds is 5. The molecule has 0 fully saturated rings. The normalized spacial score (nSPS) is 10.6. The minimum Gasteiger partial charge on any atom is -0.329 e. The van der Waals surface area contributed by atoms with E-state index >= 15 is 0 Å². The Morgan fingerprint density at radius 3 is 2.94 bits per heavy atom. The Hall–Kier alpha value is -2.22. The van der Waals surface area contributed by atoms with Gasteiger partial charge in [0.15, 0.2) is 5.69 Å². The summed E-state index contributed by atoms with van der Waals surface area (Å²) in [5.74, 6) is -0.311. The maximum absolute atomic E-state index is 11.8. The van der Waals surface area contributed by atoms with Gasteiger partial charge in [-0.1, -0.05) is 5.21 Å². The lowest BCUT2D eigenvalue weighted by molar-refractivity contribution is 0.102. The standard InChI is InChI=1S/C10H15N7O/c1-2-16-6-8(5-12-16)13-10(18)9-7-17(4-3-11)15-14-9/h5-7H,2-4,11H2,1H3,(H,13,18). The van der Waals surface area contributed by atoms with Crippen molar-refractivity contribution in [2.45, 2.75) is 20.0 Å². The first kappa shape index (κ1) is 12.2. The minimum absolute atomic E-state index is 0.257. The highest BCUT2D eigenvalue weighted by Crippen LogP contribution is 2.06. The molecule has 0 bridgehead atoms. The molecule has 18 heavy (non-hydrogen) atoms. The minimum atomic E-state index is -0.311. The number of hydrogen-bond acceptors (Lipinski definition) is 5. The molecule has 8 nitrogen and oxygen atoms in total. The van der Waals surface area contributed by atoms with Crippen LogP contribution in [-0.4, -0.2) is 37.2 Å². The van der Waals surface area contributed by atoms with Crippen molar-refractivity contribution >= 4 is 11.6 Å². The van der Waals surface area contributed by atoms with Crippen molar-refractivity contribution in [2.24, 2.45) is 5.73 Å². The molecule has 2 aromatic rings. The van der Waals surface area contributed by atoms with Gasteiger partial charge in [-0.3, -0.25) is 14.2 Å². The van der Waals surface area contributed by atoms with Crippen molar-refractivity contribution in [3.63, 3.8) is 0 Å². The van der Waals surface area contributed by atoms with Crippen molar-refractivity contribution in [1.29, 1.82) is 0 Å². The quantitative estimate of drug-likeness (QED) is 0.757. The first-order valence-electron chi connectivity index (χ1n) is 5.67. The summed E-state index contributed by atoms with van der Waals surface area (Å²) in [5.41, 5.74) is 6.28. The Labute approximate surface area is 104 Å².